The van der Waals surface area contributed by atoms with Crippen LogP contribution in [-0.2, 0) is 13.1 Å². The van der Waals surface area contributed by atoms with Gasteiger partial charge >= 0.3 is 0 Å². The highest BCUT2D eigenvalue weighted by molar-refractivity contribution is 6.16. The maximum absolute atomic E-state index is 13.0. The highest BCUT2D eigenvalue weighted by Gasteiger charge is 2.50. The Balaban J connectivity index is 0.000000107. The molecule has 2 aliphatic heterocycles. The Hall–Kier alpha value is -15.2. The molecule has 2 amide bonds. The van der Waals surface area contributed by atoms with Gasteiger partial charge in [0.25, 0.3) is 11.8 Å². The van der Waals surface area contributed by atoms with Crippen LogP contribution in [0.15, 0.2) is 315 Å². The molecule has 16 nitrogen and oxygen atoms in total. The maximum atomic E-state index is 13.0. The van der Waals surface area contributed by atoms with Crippen molar-refractivity contribution in [1.82, 2.24) is 50.5 Å². The van der Waals surface area contributed by atoms with Gasteiger partial charge in [-0.15, -0.1) is 0 Å². The van der Waals surface area contributed by atoms with Crippen LogP contribution in [0.1, 0.15) is 167 Å². The van der Waals surface area contributed by atoms with Gasteiger partial charge in [0.05, 0.1) is 88.3 Å². The Bertz CT molecular complexity index is 7930. The molecule has 6 heterocycles. The van der Waals surface area contributed by atoms with E-state index in [9.17, 15) is 19.2 Å². The van der Waals surface area contributed by atoms with Gasteiger partial charge in [-0.05, 0) is 184 Å². The zero-order valence-corrected chi connectivity index (χ0v) is 73.2. The topological polar surface area (TPSA) is 214 Å². The van der Waals surface area contributed by atoms with Crippen molar-refractivity contribution in [3.8, 4) is 11.5 Å². The van der Waals surface area contributed by atoms with Crippen molar-refractivity contribution >= 4 is 155 Å². The molecular formula is C114H94N10O6. The van der Waals surface area contributed by atoms with Crippen molar-refractivity contribution < 1.29 is 28.7 Å². The second-order valence-corrected chi connectivity index (χ2v) is 36.4. The molecule has 0 spiro atoms. The predicted molar refractivity (Wildman–Crippen MR) is 521 cm³/mol. The number of fused-ring (bicyclic) bond motifs is 26. The van der Waals surface area contributed by atoms with Crippen LogP contribution in [0.25, 0.3) is 131 Å². The van der Waals surface area contributed by atoms with Crippen LogP contribution in [0, 0.1) is 23.7 Å². The third-order valence-corrected chi connectivity index (χ3v) is 27.0. The summed E-state index contributed by atoms with van der Waals surface area (Å²) >= 11 is 0. The van der Waals surface area contributed by atoms with Crippen molar-refractivity contribution in [3.05, 3.63) is 371 Å². The molecular weight excluding hydrogens is 1610 g/mol. The molecule has 4 aliphatic rings. The second-order valence-electron chi connectivity index (χ2n) is 36.4. The molecule has 0 unspecified atom stereocenters. The van der Waals surface area contributed by atoms with E-state index in [4.69, 9.17) is 49.3 Å². The number of benzene rings is 16. The number of nitrogens with one attached hydrogen (secondary N) is 2. The van der Waals surface area contributed by atoms with Crippen LogP contribution in [0.2, 0.25) is 0 Å². The smallest absolute Gasteiger partial charge is 0.251 e. The third kappa shape index (κ3) is 15.6. The molecule has 2 fully saturated rings. The van der Waals surface area contributed by atoms with E-state index in [0.717, 1.165) is 180 Å². The lowest BCUT2D eigenvalue weighted by Crippen LogP contribution is -2.46. The molecule has 2 N–H and O–H groups in total. The third-order valence-electron chi connectivity index (χ3n) is 27.0. The molecule has 0 saturated heterocycles. The highest BCUT2D eigenvalue weighted by atomic mass is 16.5. The van der Waals surface area contributed by atoms with Crippen LogP contribution >= 0.6 is 0 Å². The molecule has 6 atom stereocenters. The number of aromatic nitrogens is 8. The van der Waals surface area contributed by atoms with Crippen LogP contribution in [0.3, 0.4) is 0 Å². The summed E-state index contributed by atoms with van der Waals surface area (Å²) < 4.78 is 13.7. The summed E-state index contributed by atoms with van der Waals surface area (Å²) in [7, 11) is 0. The number of ether oxygens (including phenoxy) is 2. The van der Waals surface area contributed by atoms with Gasteiger partial charge in [0, 0.05) is 102 Å². The Morgan fingerprint density at radius 2 is 0.600 bits per heavy atom. The predicted octanol–water partition coefficient (Wildman–Crippen LogP) is 25.4. The zero-order valence-electron chi connectivity index (χ0n) is 73.2. The lowest BCUT2D eigenvalue weighted by molar-refractivity contribution is -0.0118. The Labute approximate surface area is 751 Å². The number of carbonyl (C=O) groups is 4. The average Bonchev–Trinajstić information content (AvgIpc) is 0.711. The number of rotatable bonds is 10. The number of nitrogens with zero attached hydrogens (tertiary/aromatic N) is 8. The quantitative estimate of drug-likeness (QED) is 0.0740. The first-order valence-electron chi connectivity index (χ1n) is 45.1. The van der Waals surface area contributed by atoms with E-state index in [1.165, 1.54) is 24.0 Å². The van der Waals surface area contributed by atoms with Crippen molar-refractivity contribution in [2.24, 2.45) is 23.7 Å². The summed E-state index contributed by atoms with van der Waals surface area (Å²) in [5.74, 6) is 4.63. The average molecular weight is 1700 g/mol. The van der Waals surface area contributed by atoms with E-state index in [2.05, 4.69) is 131 Å². The van der Waals surface area contributed by atoms with E-state index in [1.54, 1.807) is 0 Å². The van der Waals surface area contributed by atoms with Gasteiger partial charge in [-0.2, -0.15) is 0 Å². The fraction of sp³-hybridized carbons (Fsp3) is 0.193. The van der Waals surface area contributed by atoms with Crippen LogP contribution in [0.4, 0.5) is 0 Å². The molecule has 0 bridgehead atoms. The zero-order chi connectivity index (χ0) is 88.5. The summed E-state index contributed by atoms with van der Waals surface area (Å²) in [6.45, 7) is 14.7. The number of amides is 2. The summed E-state index contributed by atoms with van der Waals surface area (Å²) in [4.78, 5) is 91.3. The summed E-state index contributed by atoms with van der Waals surface area (Å²) in [6.07, 6.45) is 7.04. The van der Waals surface area contributed by atoms with E-state index in [0.29, 0.717) is 82.0 Å². The van der Waals surface area contributed by atoms with Crippen LogP contribution in [0.5, 0.6) is 11.5 Å². The number of ketones is 2. The molecule has 0 radical (unpaired) electrons. The molecule has 2 saturated carbocycles. The number of carbonyl (C=O) groups excluding carboxylic acids is 4. The summed E-state index contributed by atoms with van der Waals surface area (Å²) in [5, 5.41) is 14.8. The van der Waals surface area contributed by atoms with Gasteiger partial charge in [-0.1, -0.05) is 257 Å². The lowest BCUT2D eigenvalue weighted by Gasteiger charge is -2.49. The molecule has 24 rings (SSSR count). The summed E-state index contributed by atoms with van der Waals surface area (Å²) in [5.41, 5.74) is 21.0. The van der Waals surface area contributed by atoms with Crippen LogP contribution < -0.4 is 20.1 Å². The molecule has 2 aliphatic carbocycles. The maximum Gasteiger partial charge on any atom is 0.251 e. The monoisotopic (exact) mass is 1700 g/mol. The molecule has 130 heavy (non-hydrogen) atoms. The van der Waals surface area contributed by atoms with Gasteiger partial charge < -0.3 is 20.1 Å². The van der Waals surface area contributed by atoms with Crippen LogP contribution in [-0.4, -0.2) is 74.5 Å². The van der Waals surface area contributed by atoms with Crippen molar-refractivity contribution in [2.75, 3.05) is 0 Å². The van der Waals surface area contributed by atoms with Gasteiger partial charge in [0.1, 0.15) is 22.7 Å². The lowest BCUT2D eigenvalue weighted by atomic mass is 9.64. The fourth-order valence-electron chi connectivity index (χ4n) is 20.4. The minimum atomic E-state index is -0.247. The van der Waals surface area contributed by atoms with E-state index in [1.807, 2.05) is 237 Å². The van der Waals surface area contributed by atoms with Gasteiger partial charge in [-0.25, -0.2) is 39.9 Å². The standard InChI is InChI=1S/2C34H33N3O2.2C23H14N2O/c1-20-13-15-26-25(17-20)29-31-30(23-11-7-8-12-24(23)32(29)39-34(26,2)3)37-28-18-22(14-16-27(28)36-31)33(38)35-19-21-9-5-4-6-10-21;1-20-13-15-26-25(17-20)29-31-30(23-11-7-8-12-24(23)32(29)39-34(26,2)3)36-27-16-14-22(18-28(27)37-31)33(38)35-19-21-9-5-4-6-10-21;26-23(16-7-2-1-3-8-16)17-11-12-19-21(14-17)24-20-13-10-15-6-4-5-9-18(15)22(20)25-19;26-23(16-7-2-1-3-8-16)17-11-12-19-21(14-17)25-22-18-9-5-4-6-15(18)10-13-20(22)24-19/h2*4-12,14,16,18,20,25-26H,13,15,17,19H2,1-3H3,(H,35,38);2*1-14H/t2*20-,25-,26-;;/m00../s1. The number of hydrogen-bond acceptors (Lipinski definition) is 14. The van der Waals surface area contributed by atoms with Crippen molar-refractivity contribution in [2.45, 2.75) is 116 Å². The number of hydrogen-bond donors (Lipinski definition) is 2. The molecule has 16 heteroatoms. The largest absolute Gasteiger partial charge is 0.487 e. The van der Waals surface area contributed by atoms with Gasteiger partial charge in [0.15, 0.2) is 11.6 Å². The molecule has 20 aromatic rings. The van der Waals surface area contributed by atoms with E-state index >= 15 is 0 Å². The van der Waals surface area contributed by atoms with Gasteiger partial charge in [-0.3, -0.25) is 19.2 Å². The minimum absolute atomic E-state index is 0.00657. The second kappa shape index (κ2) is 33.9. The minimum Gasteiger partial charge on any atom is -0.487 e. The van der Waals surface area contributed by atoms with Gasteiger partial charge in [0.2, 0.25) is 0 Å². The Morgan fingerprint density at radius 3 is 1.03 bits per heavy atom. The first-order valence-corrected chi connectivity index (χ1v) is 45.1. The molecule has 16 aromatic carbocycles. The van der Waals surface area contributed by atoms with E-state index in [-0.39, 0.29) is 34.6 Å². The Kier molecular flexibility index (Phi) is 21.3. The fourth-order valence-corrected chi connectivity index (χ4v) is 20.4. The van der Waals surface area contributed by atoms with E-state index < -0.39 is 0 Å². The highest BCUT2D eigenvalue weighted by Crippen LogP contribution is 2.59. The Morgan fingerprint density at radius 1 is 0.292 bits per heavy atom. The normalized spacial score (nSPS) is 17.6. The SMILES string of the molecule is C[C@H]1CC[C@H]2[C@H](C1)c1c(c3ccccc3c3nc4cc(C(=O)NCc5ccccc5)ccc4nc13)OC2(C)C.C[C@H]1CC[C@H]2[C@H](C1)c1c(c3ccccc3c3nc4ccc(C(=O)NCc5ccccc5)cc4nc13)OC2(C)C.O=C(c1ccccc1)c1ccc2nc3c(ccc4ccccc43)nc2c1.O=C(c1ccccc1)c1ccc2nc3ccc4ccccc4c3nc2c1. The summed E-state index contributed by atoms with van der Waals surface area (Å²) in [6, 6.07) is 102. The van der Waals surface area contributed by atoms with Crippen molar-refractivity contribution in [3.63, 3.8) is 0 Å². The first kappa shape index (κ1) is 81.9. The van der Waals surface area contributed by atoms with Crippen molar-refractivity contribution in [1.29, 1.82) is 0 Å². The molecule has 4 aromatic heterocycles. The molecule has 636 valence electrons. The first-order chi connectivity index (χ1) is 63.4.